The molecule has 0 saturated carbocycles. The molecule has 0 bridgehead atoms. The van der Waals surface area contributed by atoms with Gasteiger partial charge in [-0.1, -0.05) is 18.2 Å². The Balaban J connectivity index is 1.40. The topological polar surface area (TPSA) is 81.9 Å². The molecule has 2 aliphatic rings. The number of aromatic nitrogens is 1. The first-order chi connectivity index (χ1) is 14.6. The Bertz CT molecular complexity index is 1190. The molecule has 30 heavy (non-hydrogen) atoms. The number of carbonyl (C=O) groups excluding carboxylic acids is 1. The van der Waals surface area contributed by atoms with Crippen molar-refractivity contribution in [2.24, 2.45) is 0 Å². The SMILES string of the molecule is Cc1cc(C2COc3ccccc3O2)oc(=O)c1C(=O)N1CCc2ncccc2C1. The Morgan fingerprint density at radius 3 is 2.83 bits per heavy atom. The van der Waals surface area contributed by atoms with Gasteiger partial charge in [-0.2, -0.15) is 0 Å². The number of ether oxygens (including phenoxy) is 2. The van der Waals surface area contributed by atoms with Crippen LogP contribution in [0.15, 0.2) is 57.9 Å². The van der Waals surface area contributed by atoms with E-state index in [1.54, 1.807) is 30.2 Å². The Hall–Kier alpha value is -3.61. The lowest BCUT2D eigenvalue weighted by molar-refractivity contribution is 0.0690. The minimum absolute atomic E-state index is 0.0585. The molecular weight excluding hydrogens is 384 g/mol. The average Bonchev–Trinajstić information content (AvgIpc) is 2.77. The van der Waals surface area contributed by atoms with E-state index in [4.69, 9.17) is 13.9 Å². The number of amides is 1. The minimum atomic E-state index is -0.658. The van der Waals surface area contributed by atoms with Gasteiger partial charge >= 0.3 is 5.63 Å². The Morgan fingerprint density at radius 1 is 1.17 bits per heavy atom. The molecule has 1 unspecified atom stereocenters. The first-order valence-corrected chi connectivity index (χ1v) is 9.85. The predicted octanol–water partition coefficient (Wildman–Crippen LogP) is 3.05. The second kappa shape index (κ2) is 7.33. The maximum absolute atomic E-state index is 13.1. The second-order valence-corrected chi connectivity index (χ2v) is 7.44. The minimum Gasteiger partial charge on any atom is -0.485 e. The maximum atomic E-state index is 13.1. The fourth-order valence-electron chi connectivity index (χ4n) is 3.91. The Kier molecular flexibility index (Phi) is 4.50. The van der Waals surface area contributed by atoms with Crippen LogP contribution in [0, 0.1) is 6.92 Å². The number of hydrogen-bond donors (Lipinski definition) is 0. The van der Waals surface area contributed by atoms with E-state index in [2.05, 4.69) is 4.98 Å². The van der Waals surface area contributed by atoms with Crippen LogP contribution < -0.4 is 15.1 Å². The highest BCUT2D eigenvalue weighted by Crippen LogP contribution is 2.36. The molecule has 1 aromatic carbocycles. The molecule has 1 amide bonds. The van der Waals surface area contributed by atoms with E-state index in [0.29, 0.717) is 42.3 Å². The van der Waals surface area contributed by atoms with Gasteiger partial charge in [0.05, 0.1) is 0 Å². The summed E-state index contributed by atoms with van der Waals surface area (Å²) in [6, 6.07) is 12.8. The Morgan fingerprint density at radius 2 is 2.00 bits per heavy atom. The van der Waals surface area contributed by atoms with Crippen molar-refractivity contribution in [3.63, 3.8) is 0 Å². The van der Waals surface area contributed by atoms with E-state index >= 15 is 0 Å². The number of hydrogen-bond acceptors (Lipinski definition) is 6. The molecule has 0 fully saturated rings. The molecule has 0 radical (unpaired) electrons. The zero-order valence-corrected chi connectivity index (χ0v) is 16.5. The van der Waals surface area contributed by atoms with Crippen LogP contribution in [-0.2, 0) is 13.0 Å². The van der Waals surface area contributed by atoms with Crippen molar-refractivity contribution in [1.29, 1.82) is 0 Å². The fraction of sp³-hybridized carbons (Fsp3) is 0.261. The van der Waals surface area contributed by atoms with Crippen LogP contribution in [-0.4, -0.2) is 28.9 Å². The van der Waals surface area contributed by atoms with Gasteiger partial charge in [0, 0.05) is 31.4 Å². The van der Waals surface area contributed by atoms with E-state index in [9.17, 15) is 9.59 Å². The van der Waals surface area contributed by atoms with Crippen LogP contribution in [0.4, 0.5) is 0 Å². The summed E-state index contributed by atoms with van der Waals surface area (Å²) in [6.07, 6.45) is 1.86. The zero-order chi connectivity index (χ0) is 20.7. The highest BCUT2D eigenvalue weighted by Gasteiger charge is 2.29. The van der Waals surface area contributed by atoms with Crippen LogP contribution in [0.2, 0.25) is 0 Å². The van der Waals surface area contributed by atoms with Crippen molar-refractivity contribution in [1.82, 2.24) is 9.88 Å². The van der Waals surface area contributed by atoms with Crippen LogP contribution >= 0.6 is 0 Å². The number of para-hydroxylation sites is 2. The summed E-state index contributed by atoms with van der Waals surface area (Å²) in [5.41, 5.74) is 1.96. The number of fused-ring (bicyclic) bond motifs is 2. The van der Waals surface area contributed by atoms with Crippen molar-refractivity contribution in [2.75, 3.05) is 13.2 Å². The molecule has 0 saturated heterocycles. The molecule has 2 aliphatic heterocycles. The predicted molar refractivity (Wildman–Crippen MR) is 108 cm³/mol. The van der Waals surface area contributed by atoms with Crippen LogP contribution in [0.25, 0.3) is 0 Å². The average molecular weight is 404 g/mol. The van der Waals surface area contributed by atoms with Gasteiger partial charge in [-0.15, -0.1) is 0 Å². The number of nitrogens with zero attached hydrogens (tertiary/aromatic N) is 2. The number of benzene rings is 1. The molecule has 3 aromatic rings. The molecule has 7 heteroatoms. The summed E-state index contributed by atoms with van der Waals surface area (Å²) in [6.45, 7) is 2.91. The molecule has 4 heterocycles. The highest BCUT2D eigenvalue weighted by molar-refractivity contribution is 5.95. The fourth-order valence-corrected chi connectivity index (χ4v) is 3.91. The smallest absolute Gasteiger partial charge is 0.349 e. The van der Waals surface area contributed by atoms with Crippen molar-refractivity contribution >= 4 is 5.91 Å². The van der Waals surface area contributed by atoms with Crippen LogP contribution in [0.3, 0.4) is 0 Å². The van der Waals surface area contributed by atoms with Gasteiger partial charge in [-0.25, -0.2) is 4.79 Å². The summed E-state index contributed by atoms with van der Waals surface area (Å²) < 4.78 is 17.1. The maximum Gasteiger partial charge on any atom is 0.349 e. The van der Waals surface area contributed by atoms with Gasteiger partial charge in [0.2, 0.25) is 0 Å². The normalized spacial score (nSPS) is 17.4. The monoisotopic (exact) mass is 404 g/mol. The second-order valence-electron chi connectivity index (χ2n) is 7.44. The van der Waals surface area contributed by atoms with Gasteiger partial charge in [-0.3, -0.25) is 9.78 Å². The standard InChI is InChI=1S/C23H20N2O5/c1-14-11-19(20-13-28-17-6-2-3-7-18(17)29-20)30-23(27)21(14)22(26)25-10-8-16-15(12-25)5-4-9-24-16/h2-7,9,11,20H,8,10,12-13H2,1H3. The summed E-state index contributed by atoms with van der Waals surface area (Å²) in [5, 5.41) is 0. The van der Waals surface area contributed by atoms with Crippen molar-refractivity contribution in [3.05, 3.63) is 87.2 Å². The molecule has 152 valence electrons. The Labute approximate surface area is 172 Å². The van der Waals surface area contributed by atoms with E-state index in [-0.39, 0.29) is 18.1 Å². The third-order valence-electron chi connectivity index (χ3n) is 5.46. The highest BCUT2D eigenvalue weighted by atomic mass is 16.6. The molecule has 2 aromatic heterocycles. The molecule has 5 rings (SSSR count). The molecule has 7 nitrogen and oxygen atoms in total. The number of rotatable bonds is 2. The van der Waals surface area contributed by atoms with E-state index in [1.807, 2.05) is 30.3 Å². The largest absolute Gasteiger partial charge is 0.485 e. The van der Waals surface area contributed by atoms with E-state index < -0.39 is 11.7 Å². The van der Waals surface area contributed by atoms with Crippen LogP contribution in [0.5, 0.6) is 11.5 Å². The van der Waals surface area contributed by atoms with Crippen molar-refractivity contribution in [2.45, 2.75) is 26.0 Å². The number of aryl methyl sites for hydroxylation is 1. The van der Waals surface area contributed by atoms with Crippen molar-refractivity contribution in [3.8, 4) is 11.5 Å². The summed E-state index contributed by atoms with van der Waals surface area (Å²) in [5.74, 6) is 1.26. The van der Waals surface area contributed by atoms with Gasteiger partial charge in [0.1, 0.15) is 12.2 Å². The first-order valence-electron chi connectivity index (χ1n) is 9.85. The lowest BCUT2D eigenvalue weighted by atomic mass is 10.0. The first kappa shape index (κ1) is 18.4. The number of pyridine rings is 1. The summed E-state index contributed by atoms with van der Waals surface area (Å²) >= 11 is 0. The van der Waals surface area contributed by atoms with Gasteiger partial charge < -0.3 is 18.8 Å². The quantitative estimate of drug-likeness (QED) is 0.653. The molecule has 0 N–H and O–H groups in total. The lowest BCUT2D eigenvalue weighted by Crippen LogP contribution is -2.39. The van der Waals surface area contributed by atoms with Gasteiger partial charge in [0.25, 0.3) is 5.91 Å². The zero-order valence-electron chi connectivity index (χ0n) is 16.5. The molecule has 1 atom stereocenters. The summed E-state index contributed by atoms with van der Waals surface area (Å²) in [7, 11) is 0. The third-order valence-corrected chi connectivity index (χ3v) is 5.46. The van der Waals surface area contributed by atoms with Gasteiger partial charge in [-0.05, 0) is 42.3 Å². The molecular formula is C23H20N2O5. The summed E-state index contributed by atoms with van der Waals surface area (Å²) in [4.78, 5) is 31.9. The van der Waals surface area contributed by atoms with Gasteiger partial charge in [0.15, 0.2) is 23.4 Å². The molecule has 0 aliphatic carbocycles. The lowest BCUT2D eigenvalue weighted by Gasteiger charge is -2.28. The van der Waals surface area contributed by atoms with E-state index in [1.165, 1.54) is 0 Å². The third kappa shape index (κ3) is 3.22. The van der Waals surface area contributed by atoms with Crippen molar-refractivity contribution < 1.29 is 18.7 Å². The number of carbonyl (C=O) groups is 1. The van der Waals surface area contributed by atoms with E-state index in [0.717, 1.165) is 11.3 Å². The van der Waals surface area contributed by atoms with Crippen LogP contribution in [0.1, 0.15) is 39.0 Å². The molecule has 0 spiro atoms.